The zero-order chi connectivity index (χ0) is 13.8. The molecule has 1 aliphatic rings. The molecule has 0 aliphatic carbocycles. The van der Waals surface area contributed by atoms with Crippen molar-refractivity contribution in [3.05, 3.63) is 29.6 Å². The zero-order valence-corrected chi connectivity index (χ0v) is 11.1. The minimum atomic E-state index is -1.63. The normalized spacial score (nSPS) is 20.5. The maximum absolute atomic E-state index is 13.9. The summed E-state index contributed by atoms with van der Waals surface area (Å²) in [5.41, 5.74) is 0.746. The summed E-state index contributed by atoms with van der Waals surface area (Å²) < 4.78 is 19.4. The van der Waals surface area contributed by atoms with Gasteiger partial charge in [0.25, 0.3) is 0 Å². The standard InChI is InChI=1S/C13H19BFNO3/c1-2-12-9-16(5-6-19-12)8-10-3-4-11(14(17)18)7-13(10)15/h3-4,7,12,17-18H,2,5-6,8-9H2,1H3. The molecule has 2 N–H and O–H groups in total. The van der Waals surface area contributed by atoms with Crippen LogP contribution in [0.2, 0.25) is 0 Å². The summed E-state index contributed by atoms with van der Waals surface area (Å²) in [6, 6.07) is 4.33. The van der Waals surface area contributed by atoms with Crippen LogP contribution in [0.3, 0.4) is 0 Å². The molecule has 1 fully saturated rings. The van der Waals surface area contributed by atoms with Gasteiger partial charge in [-0.05, 0) is 17.9 Å². The molecule has 0 aromatic heterocycles. The summed E-state index contributed by atoms with van der Waals surface area (Å²) in [5, 5.41) is 18.0. The van der Waals surface area contributed by atoms with Gasteiger partial charge in [-0.3, -0.25) is 4.90 Å². The van der Waals surface area contributed by atoms with Gasteiger partial charge in [0.2, 0.25) is 0 Å². The van der Waals surface area contributed by atoms with Crippen LogP contribution in [-0.2, 0) is 11.3 Å². The quantitative estimate of drug-likeness (QED) is 0.761. The smallest absolute Gasteiger partial charge is 0.423 e. The lowest BCUT2D eigenvalue weighted by atomic mass is 9.80. The summed E-state index contributed by atoms with van der Waals surface area (Å²) in [7, 11) is -1.63. The number of benzene rings is 1. The maximum Gasteiger partial charge on any atom is 0.488 e. The highest BCUT2D eigenvalue weighted by atomic mass is 19.1. The molecule has 1 aliphatic heterocycles. The van der Waals surface area contributed by atoms with Gasteiger partial charge in [0, 0.05) is 25.2 Å². The molecule has 0 radical (unpaired) electrons. The highest BCUT2D eigenvalue weighted by Crippen LogP contribution is 2.14. The Balaban J connectivity index is 2.02. The van der Waals surface area contributed by atoms with Gasteiger partial charge in [0.15, 0.2) is 0 Å². The largest absolute Gasteiger partial charge is 0.488 e. The molecule has 0 amide bonds. The number of halogens is 1. The Hall–Kier alpha value is -0.945. The topological polar surface area (TPSA) is 52.9 Å². The highest BCUT2D eigenvalue weighted by Gasteiger charge is 2.20. The number of nitrogens with zero attached hydrogens (tertiary/aromatic N) is 1. The molecule has 1 unspecified atom stereocenters. The number of morpholine rings is 1. The van der Waals surface area contributed by atoms with E-state index in [0.717, 1.165) is 19.5 Å². The molecular formula is C13H19BFNO3. The number of hydrogen-bond acceptors (Lipinski definition) is 4. The van der Waals surface area contributed by atoms with Gasteiger partial charge in [-0.15, -0.1) is 0 Å². The number of hydrogen-bond donors (Lipinski definition) is 2. The van der Waals surface area contributed by atoms with E-state index in [0.29, 0.717) is 18.7 Å². The average Bonchev–Trinajstić information content (AvgIpc) is 2.41. The maximum atomic E-state index is 13.9. The molecule has 4 nitrogen and oxygen atoms in total. The highest BCUT2D eigenvalue weighted by molar-refractivity contribution is 6.58. The lowest BCUT2D eigenvalue weighted by Crippen LogP contribution is -2.41. The lowest BCUT2D eigenvalue weighted by Gasteiger charge is -2.32. The first kappa shape index (κ1) is 14.5. The first-order valence-corrected chi connectivity index (χ1v) is 6.58. The van der Waals surface area contributed by atoms with Gasteiger partial charge in [-0.25, -0.2) is 4.39 Å². The van der Waals surface area contributed by atoms with E-state index < -0.39 is 12.9 Å². The average molecular weight is 267 g/mol. The molecule has 0 bridgehead atoms. The minimum absolute atomic E-state index is 0.176. The van der Waals surface area contributed by atoms with Crippen LogP contribution in [0, 0.1) is 5.82 Å². The minimum Gasteiger partial charge on any atom is -0.423 e. The van der Waals surface area contributed by atoms with Crippen molar-refractivity contribution in [3.8, 4) is 0 Å². The zero-order valence-electron chi connectivity index (χ0n) is 11.1. The fourth-order valence-corrected chi connectivity index (χ4v) is 2.26. The van der Waals surface area contributed by atoms with Crippen molar-refractivity contribution in [1.82, 2.24) is 4.90 Å². The van der Waals surface area contributed by atoms with Crippen LogP contribution in [-0.4, -0.2) is 47.9 Å². The molecule has 2 rings (SSSR count). The second-order valence-corrected chi connectivity index (χ2v) is 4.86. The van der Waals surface area contributed by atoms with E-state index in [1.54, 1.807) is 12.1 Å². The molecule has 19 heavy (non-hydrogen) atoms. The Morgan fingerprint density at radius 2 is 2.26 bits per heavy atom. The van der Waals surface area contributed by atoms with Crippen LogP contribution < -0.4 is 5.46 Å². The summed E-state index contributed by atoms with van der Waals surface area (Å²) >= 11 is 0. The van der Waals surface area contributed by atoms with E-state index in [-0.39, 0.29) is 11.6 Å². The monoisotopic (exact) mass is 267 g/mol. The molecule has 1 heterocycles. The Kier molecular flexibility index (Phi) is 4.93. The van der Waals surface area contributed by atoms with Crippen molar-refractivity contribution in [2.45, 2.75) is 26.0 Å². The molecule has 1 aromatic rings. The second kappa shape index (κ2) is 6.48. The molecule has 0 saturated carbocycles. The van der Waals surface area contributed by atoms with Crippen LogP contribution in [0.1, 0.15) is 18.9 Å². The molecule has 1 atom stereocenters. The van der Waals surface area contributed by atoms with Gasteiger partial charge < -0.3 is 14.8 Å². The van der Waals surface area contributed by atoms with E-state index in [4.69, 9.17) is 14.8 Å². The third-order valence-corrected chi connectivity index (χ3v) is 3.45. The second-order valence-electron chi connectivity index (χ2n) is 4.86. The first-order valence-electron chi connectivity index (χ1n) is 6.58. The van der Waals surface area contributed by atoms with Crippen molar-refractivity contribution >= 4 is 12.6 Å². The Labute approximate surface area is 113 Å². The molecule has 1 saturated heterocycles. The molecular weight excluding hydrogens is 248 g/mol. The third-order valence-electron chi connectivity index (χ3n) is 3.45. The Morgan fingerprint density at radius 3 is 2.89 bits per heavy atom. The molecule has 1 aromatic carbocycles. The van der Waals surface area contributed by atoms with Gasteiger partial charge >= 0.3 is 7.12 Å². The van der Waals surface area contributed by atoms with Crippen LogP contribution >= 0.6 is 0 Å². The van der Waals surface area contributed by atoms with Crippen molar-refractivity contribution in [2.75, 3.05) is 19.7 Å². The number of rotatable bonds is 4. The molecule has 104 valence electrons. The van der Waals surface area contributed by atoms with Gasteiger partial charge in [-0.2, -0.15) is 0 Å². The van der Waals surface area contributed by atoms with E-state index in [1.807, 2.05) is 0 Å². The fourth-order valence-electron chi connectivity index (χ4n) is 2.26. The third kappa shape index (κ3) is 3.76. The SMILES string of the molecule is CCC1CN(Cc2ccc(B(O)O)cc2F)CCO1. The number of ether oxygens (including phenoxy) is 1. The van der Waals surface area contributed by atoms with Crippen LogP contribution in [0.5, 0.6) is 0 Å². The van der Waals surface area contributed by atoms with E-state index >= 15 is 0 Å². The predicted octanol–water partition coefficient (Wildman–Crippen LogP) is 0.116. The Morgan fingerprint density at radius 1 is 1.47 bits per heavy atom. The van der Waals surface area contributed by atoms with E-state index in [2.05, 4.69) is 11.8 Å². The van der Waals surface area contributed by atoms with Gasteiger partial charge in [0.1, 0.15) is 5.82 Å². The van der Waals surface area contributed by atoms with Crippen molar-refractivity contribution in [1.29, 1.82) is 0 Å². The van der Waals surface area contributed by atoms with Crippen molar-refractivity contribution in [3.63, 3.8) is 0 Å². The molecule has 0 spiro atoms. The first-order chi connectivity index (χ1) is 9.10. The van der Waals surface area contributed by atoms with Crippen LogP contribution in [0.15, 0.2) is 18.2 Å². The lowest BCUT2D eigenvalue weighted by molar-refractivity contribution is -0.0327. The van der Waals surface area contributed by atoms with E-state index in [1.165, 1.54) is 6.07 Å². The van der Waals surface area contributed by atoms with Crippen molar-refractivity contribution in [2.24, 2.45) is 0 Å². The molecule has 6 heteroatoms. The summed E-state index contributed by atoms with van der Waals surface area (Å²) in [5.74, 6) is -0.398. The Bertz CT molecular complexity index is 430. The predicted molar refractivity (Wildman–Crippen MR) is 71.5 cm³/mol. The van der Waals surface area contributed by atoms with E-state index in [9.17, 15) is 4.39 Å². The van der Waals surface area contributed by atoms with Crippen molar-refractivity contribution < 1.29 is 19.2 Å². The van der Waals surface area contributed by atoms with Gasteiger partial charge in [-0.1, -0.05) is 19.1 Å². The summed E-state index contributed by atoms with van der Waals surface area (Å²) in [6.07, 6.45) is 1.17. The van der Waals surface area contributed by atoms with Gasteiger partial charge in [0.05, 0.1) is 12.7 Å². The summed E-state index contributed by atoms with van der Waals surface area (Å²) in [4.78, 5) is 2.16. The van der Waals surface area contributed by atoms with Crippen LogP contribution in [0.25, 0.3) is 0 Å². The van der Waals surface area contributed by atoms with Crippen LogP contribution in [0.4, 0.5) is 4.39 Å². The summed E-state index contributed by atoms with van der Waals surface area (Å²) in [6.45, 7) is 4.87. The fraction of sp³-hybridized carbons (Fsp3) is 0.538.